The third-order valence-corrected chi connectivity index (χ3v) is 4.36. The Kier molecular flexibility index (Phi) is 4.81. The molecule has 0 spiro atoms. The van der Waals surface area contributed by atoms with Crippen LogP contribution in [0.15, 0.2) is 59.1 Å². The van der Waals surface area contributed by atoms with Crippen LogP contribution in [0.2, 0.25) is 0 Å². The van der Waals surface area contributed by atoms with E-state index >= 15 is 0 Å². The third-order valence-electron chi connectivity index (χ3n) is 3.87. The molecule has 4 nitrogen and oxygen atoms in total. The highest BCUT2D eigenvalue weighted by atomic mass is 79.9. The largest absolute Gasteiger partial charge is 0.322 e. The lowest BCUT2D eigenvalue weighted by Gasteiger charge is -2.07. The van der Waals surface area contributed by atoms with Gasteiger partial charge in [-0.15, -0.1) is 0 Å². The number of hydrogen-bond donors (Lipinski definition) is 1. The Morgan fingerprint density at radius 2 is 1.88 bits per heavy atom. The van der Waals surface area contributed by atoms with Gasteiger partial charge in [-0.25, -0.2) is 0 Å². The summed E-state index contributed by atoms with van der Waals surface area (Å²) in [6, 6.07) is 17.6. The number of rotatable bonds is 4. The Morgan fingerprint density at radius 3 is 2.58 bits per heavy atom. The van der Waals surface area contributed by atoms with E-state index in [1.54, 1.807) is 0 Å². The monoisotopic (exact) mass is 383 g/mol. The summed E-state index contributed by atoms with van der Waals surface area (Å²) in [5.74, 6) is -0.137. The molecule has 0 radical (unpaired) electrons. The Hall–Kier alpha value is -2.40. The molecule has 1 amide bonds. The number of nitrogens with one attached hydrogen (secondary N) is 1. The van der Waals surface area contributed by atoms with Gasteiger partial charge in [0.25, 0.3) is 5.91 Å². The third kappa shape index (κ3) is 3.57. The Morgan fingerprint density at radius 1 is 1.12 bits per heavy atom. The smallest absolute Gasteiger partial charge is 0.259 e. The SMILES string of the molecule is Cc1nn(Cc2ccccc2)c(C)c1C(=O)Nc1cccc(Br)c1. The van der Waals surface area contributed by atoms with Crippen molar-refractivity contribution in [3.8, 4) is 0 Å². The van der Waals surface area contributed by atoms with Gasteiger partial charge in [0.05, 0.1) is 17.8 Å². The van der Waals surface area contributed by atoms with Gasteiger partial charge >= 0.3 is 0 Å². The van der Waals surface area contributed by atoms with Gasteiger partial charge in [-0.2, -0.15) is 5.10 Å². The van der Waals surface area contributed by atoms with Crippen molar-refractivity contribution in [2.75, 3.05) is 5.32 Å². The number of benzene rings is 2. The van der Waals surface area contributed by atoms with Gasteiger partial charge in [-0.05, 0) is 37.6 Å². The minimum absolute atomic E-state index is 0.137. The molecule has 0 atom stereocenters. The van der Waals surface area contributed by atoms with Gasteiger partial charge < -0.3 is 5.32 Å². The standard InChI is InChI=1S/C19H18BrN3O/c1-13-18(19(24)21-17-10-6-9-16(20)11-17)14(2)23(22-13)12-15-7-4-3-5-8-15/h3-11H,12H2,1-2H3,(H,21,24). The van der Waals surface area contributed by atoms with E-state index in [0.717, 1.165) is 27.1 Å². The fourth-order valence-electron chi connectivity index (χ4n) is 2.70. The lowest BCUT2D eigenvalue weighted by molar-refractivity contribution is 0.102. The first-order valence-electron chi connectivity index (χ1n) is 7.69. The predicted octanol–water partition coefficient (Wildman–Crippen LogP) is 4.56. The van der Waals surface area contributed by atoms with Crippen molar-refractivity contribution in [1.29, 1.82) is 0 Å². The van der Waals surface area contributed by atoms with E-state index in [1.807, 2.05) is 61.0 Å². The lowest BCUT2D eigenvalue weighted by Crippen LogP contribution is -2.14. The molecule has 122 valence electrons. The van der Waals surface area contributed by atoms with Crippen LogP contribution >= 0.6 is 15.9 Å². The molecule has 0 fully saturated rings. The van der Waals surface area contributed by atoms with Gasteiger partial charge in [0.1, 0.15) is 0 Å². The minimum atomic E-state index is -0.137. The number of carbonyl (C=O) groups is 1. The predicted molar refractivity (Wildman–Crippen MR) is 99.3 cm³/mol. The molecule has 2 aromatic carbocycles. The highest BCUT2D eigenvalue weighted by Crippen LogP contribution is 2.19. The summed E-state index contributed by atoms with van der Waals surface area (Å²) in [4.78, 5) is 12.7. The van der Waals surface area contributed by atoms with Crippen molar-refractivity contribution in [1.82, 2.24) is 9.78 Å². The fourth-order valence-corrected chi connectivity index (χ4v) is 3.09. The van der Waals surface area contributed by atoms with Crippen LogP contribution in [0.3, 0.4) is 0 Å². The number of carbonyl (C=O) groups excluding carboxylic acids is 1. The Balaban J connectivity index is 1.84. The number of halogens is 1. The van der Waals surface area contributed by atoms with Crippen LogP contribution in [-0.4, -0.2) is 15.7 Å². The molecule has 0 aliphatic heterocycles. The zero-order valence-corrected chi connectivity index (χ0v) is 15.2. The van der Waals surface area contributed by atoms with Crippen molar-refractivity contribution in [3.63, 3.8) is 0 Å². The van der Waals surface area contributed by atoms with Crippen LogP contribution in [0.5, 0.6) is 0 Å². The second-order valence-corrected chi connectivity index (χ2v) is 6.57. The summed E-state index contributed by atoms with van der Waals surface area (Å²) in [5.41, 5.74) is 4.14. The highest BCUT2D eigenvalue weighted by molar-refractivity contribution is 9.10. The molecule has 24 heavy (non-hydrogen) atoms. The fraction of sp³-hybridized carbons (Fsp3) is 0.158. The molecular weight excluding hydrogens is 366 g/mol. The molecule has 1 heterocycles. The van der Waals surface area contributed by atoms with Crippen LogP contribution in [-0.2, 0) is 6.54 Å². The van der Waals surface area contributed by atoms with Crippen molar-refractivity contribution in [3.05, 3.63) is 81.6 Å². The maximum absolute atomic E-state index is 12.7. The second kappa shape index (κ2) is 7.01. The van der Waals surface area contributed by atoms with Gasteiger partial charge in [-0.3, -0.25) is 9.48 Å². The number of aryl methyl sites for hydroxylation is 1. The quantitative estimate of drug-likeness (QED) is 0.717. The first-order chi connectivity index (χ1) is 11.5. The topological polar surface area (TPSA) is 46.9 Å². The van der Waals surface area contributed by atoms with Crippen molar-refractivity contribution < 1.29 is 4.79 Å². The molecule has 0 saturated carbocycles. The van der Waals surface area contributed by atoms with Crippen LogP contribution in [0.25, 0.3) is 0 Å². The number of aromatic nitrogens is 2. The zero-order valence-electron chi connectivity index (χ0n) is 13.6. The molecule has 1 N–H and O–H groups in total. The summed E-state index contributed by atoms with van der Waals surface area (Å²) in [7, 11) is 0. The first kappa shape index (κ1) is 16.5. The van der Waals surface area contributed by atoms with E-state index in [4.69, 9.17) is 0 Å². The van der Waals surface area contributed by atoms with Crippen LogP contribution in [0.4, 0.5) is 5.69 Å². The molecule has 0 aliphatic rings. The molecule has 0 aliphatic carbocycles. The summed E-state index contributed by atoms with van der Waals surface area (Å²) < 4.78 is 2.80. The number of hydrogen-bond acceptors (Lipinski definition) is 2. The molecule has 0 saturated heterocycles. The maximum atomic E-state index is 12.7. The summed E-state index contributed by atoms with van der Waals surface area (Å²) in [5, 5.41) is 7.47. The van der Waals surface area contributed by atoms with E-state index in [9.17, 15) is 4.79 Å². The first-order valence-corrected chi connectivity index (χ1v) is 8.49. The molecule has 5 heteroatoms. The zero-order chi connectivity index (χ0) is 17.1. The molecule has 0 bridgehead atoms. The normalized spacial score (nSPS) is 10.6. The van der Waals surface area contributed by atoms with E-state index in [0.29, 0.717) is 12.1 Å². The maximum Gasteiger partial charge on any atom is 0.259 e. The molecule has 0 unspecified atom stereocenters. The number of nitrogens with zero attached hydrogens (tertiary/aromatic N) is 2. The van der Waals surface area contributed by atoms with Crippen LogP contribution < -0.4 is 5.32 Å². The van der Waals surface area contributed by atoms with E-state index in [1.165, 1.54) is 0 Å². The lowest BCUT2D eigenvalue weighted by atomic mass is 10.1. The second-order valence-electron chi connectivity index (χ2n) is 5.65. The summed E-state index contributed by atoms with van der Waals surface area (Å²) in [6.07, 6.45) is 0. The number of anilines is 1. The average molecular weight is 384 g/mol. The Labute approximate surface area is 149 Å². The molecule has 1 aromatic heterocycles. The van der Waals surface area contributed by atoms with Crippen LogP contribution in [0, 0.1) is 13.8 Å². The van der Waals surface area contributed by atoms with Gasteiger partial charge in [0.2, 0.25) is 0 Å². The van der Waals surface area contributed by atoms with Crippen molar-refractivity contribution in [2.45, 2.75) is 20.4 Å². The summed E-state index contributed by atoms with van der Waals surface area (Å²) >= 11 is 3.41. The van der Waals surface area contributed by atoms with Crippen LogP contribution in [0.1, 0.15) is 27.3 Å². The molecule has 3 aromatic rings. The van der Waals surface area contributed by atoms with E-state index in [-0.39, 0.29) is 5.91 Å². The minimum Gasteiger partial charge on any atom is -0.322 e. The Bertz CT molecular complexity index is 872. The van der Waals surface area contributed by atoms with Gasteiger partial charge in [-0.1, -0.05) is 52.3 Å². The van der Waals surface area contributed by atoms with E-state index in [2.05, 4.69) is 38.5 Å². The average Bonchev–Trinajstić information content (AvgIpc) is 2.82. The van der Waals surface area contributed by atoms with Gasteiger partial charge in [0, 0.05) is 15.9 Å². The van der Waals surface area contributed by atoms with E-state index < -0.39 is 0 Å². The molecule has 3 rings (SSSR count). The molecular formula is C19H18BrN3O. The highest BCUT2D eigenvalue weighted by Gasteiger charge is 2.19. The number of amides is 1. The van der Waals surface area contributed by atoms with Crippen molar-refractivity contribution in [2.24, 2.45) is 0 Å². The summed E-state index contributed by atoms with van der Waals surface area (Å²) in [6.45, 7) is 4.45. The van der Waals surface area contributed by atoms with Gasteiger partial charge in [0.15, 0.2) is 0 Å². The van der Waals surface area contributed by atoms with Crippen molar-refractivity contribution >= 4 is 27.5 Å².